The van der Waals surface area contributed by atoms with Gasteiger partial charge in [-0.1, -0.05) is 0 Å². The van der Waals surface area contributed by atoms with Crippen LogP contribution in [0.2, 0.25) is 0 Å². The Hall–Kier alpha value is -1.22. The fourth-order valence-corrected chi connectivity index (χ4v) is 4.52. The predicted molar refractivity (Wildman–Crippen MR) is 133 cm³/mol. The van der Waals surface area contributed by atoms with Gasteiger partial charge < -0.3 is 43.6 Å². The minimum atomic E-state index is -0.590. The van der Waals surface area contributed by atoms with E-state index in [-0.39, 0.29) is 23.7 Å². The normalized spacial score (nSPS) is 22.6. The molecule has 2 rings (SSSR count). The summed E-state index contributed by atoms with van der Waals surface area (Å²) in [6.07, 6.45) is 2.65. The van der Waals surface area contributed by atoms with Crippen LogP contribution in [0.4, 0.5) is 0 Å². The largest absolute Gasteiger partial charge is 0.382 e. The molecular formula is C25H46N2O10. The summed E-state index contributed by atoms with van der Waals surface area (Å²) in [5.41, 5.74) is 4.84. The van der Waals surface area contributed by atoms with Crippen molar-refractivity contribution in [1.29, 1.82) is 0 Å². The second-order valence-corrected chi connectivity index (χ2v) is 9.06. The zero-order valence-electron chi connectivity index (χ0n) is 22.2. The molecule has 1 aliphatic heterocycles. The van der Waals surface area contributed by atoms with Gasteiger partial charge in [-0.2, -0.15) is 0 Å². The molecule has 0 spiro atoms. The Bertz CT molecular complexity index is 626. The highest BCUT2D eigenvalue weighted by Crippen LogP contribution is 2.44. The van der Waals surface area contributed by atoms with E-state index in [1.165, 1.54) is 0 Å². The van der Waals surface area contributed by atoms with Crippen LogP contribution in [0.1, 0.15) is 25.7 Å². The van der Waals surface area contributed by atoms with Crippen LogP contribution in [-0.4, -0.2) is 129 Å². The number of nitrogens with two attached hydrogens (primary N) is 1. The molecule has 1 amide bonds. The summed E-state index contributed by atoms with van der Waals surface area (Å²) < 4.78 is 42.9. The van der Waals surface area contributed by atoms with Crippen molar-refractivity contribution in [3.63, 3.8) is 0 Å². The summed E-state index contributed by atoms with van der Waals surface area (Å²) in [6.45, 7) is 7.42. The van der Waals surface area contributed by atoms with Gasteiger partial charge in [0.2, 0.25) is 5.91 Å². The van der Waals surface area contributed by atoms with Crippen LogP contribution in [0.5, 0.6) is 0 Å². The van der Waals surface area contributed by atoms with Gasteiger partial charge in [-0.25, -0.2) is 0 Å². The van der Waals surface area contributed by atoms with E-state index in [4.69, 9.17) is 43.6 Å². The molecule has 3 unspecified atom stereocenters. The van der Waals surface area contributed by atoms with E-state index in [9.17, 15) is 9.59 Å². The van der Waals surface area contributed by atoms with Crippen molar-refractivity contribution < 1.29 is 47.5 Å². The molecule has 12 nitrogen and oxygen atoms in total. The van der Waals surface area contributed by atoms with Gasteiger partial charge in [0.1, 0.15) is 0 Å². The summed E-state index contributed by atoms with van der Waals surface area (Å²) in [5.74, 6) is -0.0904. The molecule has 0 aromatic carbocycles. The number of nitrogens with one attached hydrogen (secondary N) is 1. The highest BCUT2D eigenvalue weighted by molar-refractivity contribution is 5.92. The number of carbonyl (C=O) groups excluding carboxylic acids is 2. The summed E-state index contributed by atoms with van der Waals surface area (Å²) >= 11 is 0. The standard InChI is InChI=1S/C25H46N2O10/c1-30-6-7-32-10-11-34-14-15-36-18-19-37-17-16-35-13-12-33-9-8-31-5-3-22(28)25-4-2-21(20-25)23(27-25)24(26)29/h21,23,27H,2-20H2,1H3,(H2,26,29). The van der Waals surface area contributed by atoms with Gasteiger partial charge in [0.05, 0.1) is 111 Å². The van der Waals surface area contributed by atoms with Crippen molar-refractivity contribution in [3.8, 4) is 0 Å². The molecule has 2 fully saturated rings. The van der Waals surface area contributed by atoms with Crippen molar-refractivity contribution in [2.24, 2.45) is 11.7 Å². The number of fused-ring (bicyclic) bond motifs is 2. The van der Waals surface area contributed by atoms with Crippen LogP contribution in [-0.2, 0) is 47.5 Å². The fourth-order valence-electron chi connectivity index (χ4n) is 4.52. The minimum Gasteiger partial charge on any atom is -0.382 e. The first-order valence-electron chi connectivity index (χ1n) is 13.2. The monoisotopic (exact) mass is 534 g/mol. The van der Waals surface area contributed by atoms with Gasteiger partial charge in [-0.3, -0.25) is 14.9 Å². The van der Waals surface area contributed by atoms with Crippen LogP contribution in [0.15, 0.2) is 0 Å². The fraction of sp³-hybridized carbons (Fsp3) is 0.920. The van der Waals surface area contributed by atoms with Crippen molar-refractivity contribution in [1.82, 2.24) is 5.32 Å². The van der Waals surface area contributed by atoms with Crippen molar-refractivity contribution in [2.45, 2.75) is 37.3 Å². The van der Waals surface area contributed by atoms with E-state index in [1.807, 2.05) is 0 Å². The SMILES string of the molecule is COCCOCCOCCOCCOCCOCCOCCOCCC(=O)C12CCC(C1)C(C(N)=O)N2. The first-order valence-corrected chi connectivity index (χ1v) is 13.2. The Labute approximate surface area is 220 Å². The average molecular weight is 535 g/mol. The summed E-state index contributed by atoms with van der Waals surface area (Å²) in [7, 11) is 1.64. The predicted octanol–water partition coefficient (Wildman–Crippen LogP) is -0.296. The molecule has 1 saturated heterocycles. The lowest BCUT2D eigenvalue weighted by Crippen LogP contribution is -2.55. The number of ketones is 1. The number of Topliss-reactive ketones (excluding diaryl/α,β-unsaturated/α-hetero) is 1. The quantitative estimate of drug-likeness (QED) is 0.141. The van der Waals surface area contributed by atoms with E-state index >= 15 is 0 Å². The number of carbonyl (C=O) groups is 2. The maximum absolute atomic E-state index is 12.6. The van der Waals surface area contributed by atoms with Crippen LogP contribution in [0.3, 0.4) is 0 Å². The van der Waals surface area contributed by atoms with Crippen molar-refractivity contribution in [3.05, 3.63) is 0 Å². The zero-order valence-corrected chi connectivity index (χ0v) is 22.2. The average Bonchev–Trinajstić information content (AvgIpc) is 3.50. The number of piperidine rings is 1. The molecule has 2 bridgehead atoms. The highest BCUT2D eigenvalue weighted by Gasteiger charge is 2.55. The van der Waals surface area contributed by atoms with E-state index in [1.54, 1.807) is 7.11 Å². The van der Waals surface area contributed by atoms with Crippen molar-refractivity contribution >= 4 is 11.7 Å². The lowest BCUT2D eigenvalue weighted by atomic mass is 9.91. The van der Waals surface area contributed by atoms with Gasteiger partial charge in [0, 0.05) is 13.5 Å². The van der Waals surface area contributed by atoms with E-state index in [2.05, 4.69) is 5.32 Å². The van der Waals surface area contributed by atoms with Crippen molar-refractivity contribution in [2.75, 3.05) is 106 Å². The molecule has 3 atom stereocenters. The second-order valence-electron chi connectivity index (χ2n) is 9.06. The third-order valence-electron chi connectivity index (χ3n) is 6.43. The van der Waals surface area contributed by atoms with Gasteiger partial charge in [0.25, 0.3) is 0 Å². The Morgan fingerprint density at radius 2 is 1.11 bits per heavy atom. The molecule has 12 heteroatoms. The number of amides is 1. The molecule has 216 valence electrons. The maximum Gasteiger partial charge on any atom is 0.234 e. The lowest BCUT2D eigenvalue weighted by molar-refractivity contribution is -0.127. The Balaban J connectivity index is 1.26. The Morgan fingerprint density at radius 3 is 1.49 bits per heavy atom. The molecule has 0 aromatic heterocycles. The molecule has 0 aromatic rings. The smallest absolute Gasteiger partial charge is 0.234 e. The summed E-state index contributed by atoms with van der Waals surface area (Å²) in [4.78, 5) is 24.1. The number of ether oxygens (including phenoxy) is 8. The molecule has 37 heavy (non-hydrogen) atoms. The molecule has 3 N–H and O–H groups in total. The number of methoxy groups -OCH3 is 1. The number of hydrogen-bond acceptors (Lipinski definition) is 11. The van der Waals surface area contributed by atoms with Crippen LogP contribution in [0.25, 0.3) is 0 Å². The lowest BCUT2D eigenvalue weighted by Gasteiger charge is -2.29. The third kappa shape index (κ3) is 12.9. The first kappa shape index (κ1) is 32.0. The van der Waals surface area contributed by atoms with Gasteiger partial charge in [-0.15, -0.1) is 0 Å². The molecular weight excluding hydrogens is 488 g/mol. The number of primary amides is 1. The van der Waals surface area contributed by atoms with E-state index < -0.39 is 5.54 Å². The van der Waals surface area contributed by atoms with Crippen LogP contribution >= 0.6 is 0 Å². The maximum atomic E-state index is 12.6. The molecule has 0 radical (unpaired) electrons. The van der Waals surface area contributed by atoms with Gasteiger partial charge in [0.15, 0.2) is 5.78 Å². The molecule has 1 heterocycles. The number of rotatable bonds is 26. The Morgan fingerprint density at radius 1 is 0.703 bits per heavy atom. The third-order valence-corrected chi connectivity index (χ3v) is 6.43. The summed E-state index contributed by atoms with van der Waals surface area (Å²) in [5, 5.41) is 3.18. The zero-order chi connectivity index (χ0) is 26.6. The summed E-state index contributed by atoms with van der Waals surface area (Å²) in [6, 6.07) is -0.381. The van der Waals surface area contributed by atoms with Gasteiger partial charge >= 0.3 is 0 Å². The topological polar surface area (TPSA) is 146 Å². The van der Waals surface area contributed by atoms with Gasteiger partial charge in [-0.05, 0) is 25.2 Å². The Kier molecular flexibility index (Phi) is 17.1. The highest BCUT2D eigenvalue weighted by atomic mass is 16.6. The van der Waals surface area contributed by atoms with Crippen LogP contribution < -0.4 is 11.1 Å². The second kappa shape index (κ2) is 19.8. The van der Waals surface area contributed by atoms with E-state index in [0.717, 1.165) is 12.8 Å². The van der Waals surface area contributed by atoms with E-state index in [0.29, 0.717) is 112 Å². The molecule has 2 aliphatic rings. The molecule has 1 aliphatic carbocycles. The first-order chi connectivity index (χ1) is 18.1. The van der Waals surface area contributed by atoms with Crippen LogP contribution in [0, 0.1) is 5.92 Å². The number of hydrogen-bond donors (Lipinski definition) is 2. The minimum absolute atomic E-state index is 0.103. The molecule has 1 saturated carbocycles.